The van der Waals surface area contributed by atoms with Crippen LogP contribution in [0.1, 0.15) is 19.4 Å². The molecule has 2 nitrogen and oxygen atoms in total. The van der Waals surface area contributed by atoms with E-state index in [1.54, 1.807) is 32.0 Å². The van der Waals surface area contributed by atoms with Gasteiger partial charge in [-0.15, -0.1) is 0 Å². The largest absolute Gasteiger partial charge is 0.478 e. The van der Waals surface area contributed by atoms with Gasteiger partial charge in [0, 0.05) is 5.57 Å². The Bertz CT molecular complexity index is 436. The van der Waals surface area contributed by atoms with Crippen molar-refractivity contribution < 1.29 is 9.90 Å². The van der Waals surface area contributed by atoms with Crippen LogP contribution in [-0.4, -0.2) is 11.1 Å². The van der Waals surface area contributed by atoms with Crippen molar-refractivity contribution in [2.24, 2.45) is 0 Å². The van der Waals surface area contributed by atoms with E-state index >= 15 is 0 Å². The van der Waals surface area contributed by atoms with E-state index in [-0.39, 0.29) is 0 Å². The van der Waals surface area contributed by atoms with Crippen LogP contribution in [0.15, 0.2) is 23.8 Å². The molecular formula is C11H10Cl2O2. The molecule has 4 heteroatoms. The van der Waals surface area contributed by atoms with Crippen LogP contribution in [0.5, 0.6) is 0 Å². The Hall–Kier alpha value is -0.990. The number of hydrogen-bond acceptors (Lipinski definition) is 1. The van der Waals surface area contributed by atoms with E-state index in [0.717, 1.165) is 5.56 Å². The van der Waals surface area contributed by atoms with E-state index in [2.05, 4.69) is 0 Å². The predicted octanol–water partition coefficient (Wildman–Crippen LogP) is 3.87. The molecule has 1 aromatic carbocycles. The van der Waals surface area contributed by atoms with Crippen LogP contribution in [0.2, 0.25) is 10.0 Å². The highest BCUT2D eigenvalue weighted by atomic mass is 35.5. The van der Waals surface area contributed by atoms with Crippen molar-refractivity contribution >= 4 is 34.7 Å². The van der Waals surface area contributed by atoms with E-state index in [0.29, 0.717) is 21.2 Å². The fourth-order valence-electron chi connectivity index (χ4n) is 1.11. The molecule has 1 aromatic rings. The summed E-state index contributed by atoms with van der Waals surface area (Å²) in [5, 5.41) is 9.70. The van der Waals surface area contributed by atoms with Gasteiger partial charge in [-0.1, -0.05) is 29.3 Å². The van der Waals surface area contributed by atoms with Gasteiger partial charge in [-0.05, 0) is 37.1 Å². The summed E-state index contributed by atoms with van der Waals surface area (Å²) >= 11 is 11.6. The van der Waals surface area contributed by atoms with Gasteiger partial charge in [-0.3, -0.25) is 0 Å². The molecule has 0 bridgehead atoms. The zero-order chi connectivity index (χ0) is 11.6. The summed E-state index contributed by atoms with van der Waals surface area (Å²) in [5.41, 5.74) is 1.75. The van der Waals surface area contributed by atoms with Crippen LogP contribution in [-0.2, 0) is 4.79 Å². The molecule has 0 aliphatic heterocycles. The first kappa shape index (κ1) is 12.1. The fourth-order valence-corrected chi connectivity index (χ4v) is 1.40. The lowest BCUT2D eigenvalue weighted by molar-refractivity contribution is -0.132. The highest BCUT2D eigenvalue weighted by Gasteiger charge is 2.08. The minimum absolute atomic E-state index is 0.299. The molecule has 1 N–H and O–H groups in total. The molecule has 0 unspecified atom stereocenters. The molecule has 0 atom stereocenters. The van der Waals surface area contributed by atoms with Crippen LogP contribution >= 0.6 is 23.2 Å². The van der Waals surface area contributed by atoms with E-state index in [1.807, 2.05) is 0 Å². The minimum atomic E-state index is -0.932. The van der Waals surface area contributed by atoms with E-state index in [9.17, 15) is 4.79 Å². The molecule has 0 aromatic heterocycles. The SMILES string of the molecule is CC(C(=O)O)=C(C)c1ccc(Cl)c(Cl)c1. The van der Waals surface area contributed by atoms with Crippen molar-refractivity contribution in [3.05, 3.63) is 39.4 Å². The van der Waals surface area contributed by atoms with Crippen LogP contribution in [0, 0.1) is 0 Å². The maximum Gasteiger partial charge on any atom is 0.331 e. The maximum atomic E-state index is 10.7. The van der Waals surface area contributed by atoms with Gasteiger partial charge in [0.05, 0.1) is 10.0 Å². The number of carboxylic acid groups (broad SMARTS) is 1. The summed E-state index contributed by atoms with van der Waals surface area (Å²) in [6, 6.07) is 5.06. The smallest absolute Gasteiger partial charge is 0.331 e. The third-order valence-corrected chi connectivity index (χ3v) is 2.97. The number of allylic oxidation sites excluding steroid dienone is 1. The predicted molar refractivity (Wildman–Crippen MR) is 62.4 cm³/mol. The highest BCUT2D eigenvalue weighted by Crippen LogP contribution is 2.27. The maximum absolute atomic E-state index is 10.7. The Balaban J connectivity index is 3.23. The summed E-state index contributed by atoms with van der Waals surface area (Å²) in [6.07, 6.45) is 0. The number of halogens is 2. The van der Waals surface area contributed by atoms with Crippen molar-refractivity contribution in [2.45, 2.75) is 13.8 Å². The summed E-state index contributed by atoms with van der Waals surface area (Å²) < 4.78 is 0. The number of benzene rings is 1. The lowest BCUT2D eigenvalue weighted by Gasteiger charge is -2.05. The second kappa shape index (κ2) is 4.69. The van der Waals surface area contributed by atoms with E-state index in [4.69, 9.17) is 28.3 Å². The van der Waals surface area contributed by atoms with Crippen molar-refractivity contribution in [3.8, 4) is 0 Å². The van der Waals surface area contributed by atoms with Crippen molar-refractivity contribution in [1.29, 1.82) is 0 Å². The molecule has 0 aliphatic rings. The molecule has 0 amide bonds. The third-order valence-electron chi connectivity index (χ3n) is 2.24. The standard InChI is InChI=1S/C11H10Cl2O2/c1-6(7(2)11(14)15)8-3-4-9(12)10(13)5-8/h3-5H,1-2H3,(H,14,15). The molecule has 0 aliphatic carbocycles. The first-order valence-corrected chi connectivity index (χ1v) is 5.05. The lowest BCUT2D eigenvalue weighted by Crippen LogP contribution is -1.99. The monoisotopic (exact) mass is 244 g/mol. The van der Waals surface area contributed by atoms with Gasteiger partial charge in [0.25, 0.3) is 0 Å². The van der Waals surface area contributed by atoms with Gasteiger partial charge < -0.3 is 5.11 Å². The van der Waals surface area contributed by atoms with E-state index in [1.165, 1.54) is 0 Å². The average Bonchev–Trinajstić information content (AvgIpc) is 2.19. The van der Waals surface area contributed by atoms with Crippen LogP contribution in [0.4, 0.5) is 0 Å². The second-order valence-corrected chi connectivity index (χ2v) is 4.00. The second-order valence-electron chi connectivity index (χ2n) is 3.18. The normalized spacial score (nSPS) is 12.3. The Labute approximate surface area is 98.1 Å². The Kier molecular flexibility index (Phi) is 3.77. The number of hydrogen-bond donors (Lipinski definition) is 1. The Morgan fingerprint density at radius 2 is 1.80 bits per heavy atom. The number of carbonyl (C=O) groups is 1. The first-order chi connectivity index (χ1) is 6.93. The molecule has 0 radical (unpaired) electrons. The van der Waals surface area contributed by atoms with Gasteiger partial charge in [-0.25, -0.2) is 4.79 Å². The summed E-state index contributed by atoms with van der Waals surface area (Å²) in [5.74, 6) is -0.932. The molecule has 0 spiro atoms. The van der Waals surface area contributed by atoms with Gasteiger partial charge in [0.15, 0.2) is 0 Å². The number of rotatable bonds is 2. The molecule has 0 saturated carbocycles. The summed E-state index contributed by atoms with van der Waals surface area (Å²) in [7, 11) is 0. The van der Waals surface area contributed by atoms with Crippen molar-refractivity contribution in [2.75, 3.05) is 0 Å². The Morgan fingerprint density at radius 3 is 2.27 bits per heavy atom. The molecular weight excluding hydrogens is 235 g/mol. The summed E-state index contributed by atoms with van der Waals surface area (Å²) in [6.45, 7) is 3.29. The lowest BCUT2D eigenvalue weighted by atomic mass is 10.0. The van der Waals surface area contributed by atoms with Gasteiger partial charge in [0.1, 0.15) is 0 Å². The Morgan fingerprint density at radius 1 is 1.20 bits per heavy atom. The highest BCUT2D eigenvalue weighted by molar-refractivity contribution is 6.42. The average molecular weight is 245 g/mol. The van der Waals surface area contributed by atoms with Gasteiger partial charge in [-0.2, -0.15) is 0 Å². The summed E-state index contributed by atoms with van der Waals surface area (Å²) in [4.78, 5) is 10.7. The molecule has 0 fully saturated rings. The quantitative estimate of drug-likeness (QED) is 0.803. The molecule has 0 heterocycles. The van der Waals surface area contributed by atoms with Crippen LogP contribution < -0.4 is 0 Å². The zero-order valence-electron chi connectivity index (χ0n) is 8.34. The van der Waals surface area contributed by atoms with E-state index < -0.39 is 5.97 Å². The van der Waals surface area contributed by atoms with Crippen molar-refractivity contribution in [3.63, 3.8) is 0 Å². The van der Waals surface area contributed by atoms with Gasteiger partial charge in [0.2, 0.25) is 0 Å². The van der Waals surface area contributed by atoms with Gasteiger partial charge >= 0.3 is 5.97 Å². The molecule has 80 valence electrons. The van der Waals surface area contributed by atoms with Crippen LogP contribution in [0.3, 0.4) is 0 Å². The number of carboxylic acids is 1. The molecule has 0 saturated heterocycles. The number of aliphatic carboxylic acids is 1. The zero-order valence-corrected chi connectivity index (χ0v) is 9.86. The minimum Gasteiger partial charge on any atom is -0.478 e. The fraction of sp³-hybridized carbons (Fsp3) is 0.182. The van der Waals surface area contributed by atoms with Crippen LogP contribution in [0.25, 0.3) is 5.57 Å². The first-order valence-electron chi connectivity index (χ1n) is 4.29. The molecule has 15 heavy (non-hydrogen) atoms. The molecule has 1 rings (SSSR count). The topological polar surface area (TPSA) is 37.3 Å². The van der Waals surface area contributed by atoms with Crippen molar-refractivity contribution in [1.82, 2.24) is 0 Å². The third kappa shape index (κ3) is 2.74.